The van der Waals surface area contributed by atoms with Crippen LogP contribution in [0, 0.1) is 17.1 Å². The van der Waals surface area contributed by atoms with Crippen molar-refractivity contribution in [3.63, 3.8) is 0 Å². The molecule has 2 nitrogen and oxygen atoms in total. The summed E-state index contributed by atoms with van der Waals surface area (Å²) in [6, 6.07) is 4.73. The summed E-state index contributed by atoms with van der Waals surface area (Å²) in [5.41, 5.74) is 1.81. The minimum atomic E-state index is -0.257. The molecular formula is C13H17FN2S. The number of rotatable bonds is 4. The molecule has 1 unspecified atom stereocenters. The summed E-state index contributed by atoms with van der Waals surface area (Å²) >= 11 is 1.82. The molecule has 0 fully saturated rings. The maximum absolute atomic E-state index is 13.1. The fraction of sp³-hybridized carbons (Fsp3) is 0.462. The summed E-state index contributed by atoms with van der Waals surface area (Å²) in [7, 11) is 0. The van der Waals surface area contributed by atoms with E-state index in [2.05, 4.69) is 13.2 Å². The molecule has 1 aliphatic heterocycles. The third kappa shape index (κ3) is 2.63. The molecule has 0 bridgehead atoms. The van der Waals surface area contributed by atoms with Crippen LogP contribution in [0.2, 0.25) is 0 Å². The fourth-order valence-corrected chi connectivity index (χ4v) is 2.91. The first-order valence-electron chi connectivity index (χ1n) is 5.73. The standard InChI is InChI=1S/C13H17FN2S/c1-9(8-17-2)6-16-7-10-3-4-11(14)5-12(10)13(16)15/h3-5,9,15H,6-8H2,1-2H3. The van der Waals surface area contributed by atoms with E-state index in [1.807, 2.05) is 16.7 Å². The zero-order chi connectivity index (χ0) is 12.4. The largest absolute Gasteiger partial charge is 0.352 e. The van der Waals surface area contributed by atoms with E-state index in [0.717, 1.165) is 30.0 Å². The molecule has 1 heterocycles. The summed E-state index contributed by atoms with van der Waals surface area (Å²) < 4.78 is 13.1. The van der Waals surface area contributed by atoms with E-state index < -0.39 is 0 Å². The Balaban J connectivity index is 2.09. The Bertz CT molecular complexity index is 433. The highest BCUT2D eigenvalue weighted by Gasteiger charge is 2.25. The van der Waals surface area contributed by atoms with E-state index in [1.165, 1.54) is 12.1 Å². The van der Waals surface area contributed by atoms with Crippen LogP contribution in [0.15, 0.2) is 18.2 Å². The van der Waals surface area contributed by atoms with E-state index in [-0.39, 0.29) is 5.82 Å². The van der Waals surface area contributed by atoms with Gasteiger partial charge in [0.2, 0.25) is 0 Å². The molecule has 17 heavy (non-hydrogen) atoms. The van der Waals surface area contributed by atoms with E-state index in [0.29, 0.717) is 11.8 Å². The van der Waals surface area contributed by atoms with Crippen molar-refractivity contribution in [2.45, 2.75) is 13.5 Å². The van der Waals surface area contributed by atoms with Gasteiger partial charge in [-0.3, -0.25) is 5.41 Å². The molecule has 0 saturated carbocycles. The highest BCUT2D eigenvalue weighted by Crippen LogP contribution is 2.24. The van der Waals surface area contributed by atoms with Crippen LogP contribution < -0.4 is 0 Å². The van der Waals surface area contributed by atoms with Gasteiger partial charge in [0.1, 0.15) is 11.7 Å². The van der Waals surface area contributed by atoms with E-state index in [1.54, 1.807) is 6.07 Å². The SMILES string of the molecule is CSCC(C)CN1Cc2ccc(F)cc2C1=N. The van der Waals surface area contributed by atoms with Crippen LogP contribution in [-0.2, 0) is 6.54 Å². The highest BCUT2D eigenvalue weighted by atomic mass is 32.2. The Kier molecular flexibility index (Phi) is 3.72. The molecule has 1 atom stereocenters. The summed E-state index contributed by atoms with van der Waals surface area (Å²) in [6.07, 6.45) is 2.09. The first-order valence-corrected chi connectivity index (χ1v) is 7.12. The summed E-state index contributed by atoms with van der Waals surface area (Å²) in [4.78, 5) is 2.03. The Morgan fingerprint density at radius 1 is 1.53 bits per heavy atom. The first kappa shape index (κ1) is 12.4. The van der Waals surface area contributed by atoms with Crippen molar-refractivity contribution in [2.75, 3.05) is 18.6 Å². The Morgan fingerprint density at radius 2 is 2.29 bits per heavy atom. The van der Waals surface area contributed by atoms with Crippen LogP contribution in [0.4, 0.5) is 4.39 Å². The molecule has 0 amide bonds. The molecule has 1 N–H and O–H groups in total. The lowest BCUT2D eigenvalue weighted by molar-refractivity contribution is 0.374. The number of nitrogens with one attached hydrogen (secondary N) is 1. The zero-order valence-electron chi connectivity index (χ0n) is 10.2. The molecule has 4 heteroatoms. The zero-order valence-corrected chi connectivity index (χ0v) is 11.0. The summed E-state index contributed by atoms with van der Waals surface area (Å²) in [6.45, 7) is 3.80. The summed E-state index contributed by atoms with van der Waals surface area (Å²) in [5, 5.41) is 8.06. The van der Waals surface area contributed by atoms with Crippen molar-refractivity contribution >= 4 is 17.6 Å². The first-order chi connectivity index (χ1) is 8.11. The molecule has 2 rings (SSSR count). The van der Waals surface area contributed by atoms with Crippen LogP contribution >= 0.6 is 11.8 Å². The Labute approximate surface area is 106 Å². The van der Waals surface area contributed by atoms with Crippen molar-refractivity contribution in [1.29, 1.82) is 5.41 Å². The second kappa shape index (κ2) is 5.08. The maximum atomic E-state index is 13.1. The Morgan fingerprint density at radius 3 is 3.00 bits per heavy atom. The van der Waals surface area contributed by atoms with Crippen LogP contribution in [0.5, 0.6) is 0 Å². The second-order valence-corrected chi connectivity index (χ2v) is 5.50. The minimum Gasteiger partial charge on any atom is -0.352 e. The van der Waals surface area contributed by atoms with Gasteiger partial charge in [-0.1, -0.05) is 13.0 Å². The predicted octanol–water partition coefficient (Wildman–Crippen LogP) is 2.97. The average molecular weight is 252 g/mol. The lowest BCUT2D eigenvalue weighted by Gasteiger charge is -2.21. The van der Waals surface area contributed by atoms with Gasteiger partial charge >= 0.3 is 0 Å². The van der Waals surface area contributed by atoms with Crippen molar-refractivity contribution in [3.8, 4) is 0 Å². The number of benzene rings is 1. The smallest absolute Gasteiger partial charge is 0.128 e. The van der Waals surface area contributed by atoms with Crippen LogP contribution in [0.3, 0.4) is 0 Å². The fourth-order valence-electron chi connectivity index (χ4n) is 2.23. The summed E-state index contributed by atoms with van der Waals surface area (Å²) in [5.74, 6) is 1.85. The van der Waals surface area contributed by atoms with Crippen LogP contribution in [0.25, 0.3) is 0 Å². The van der Waals surface area contributed by atoms with Gasteiger partial charge in [-0.15, -0.1) is 0 Å². The van der Waals surface area contributed by atoms with Gasteiger partial charge in [0.15, 0.2) is 0 Å². The average Bonchev–Trinajstić information content (AvgIpc) is 2.57. The van der Waals surface area contributed by atoms with Gasteiger partial charge in [0.05, 0.1) is 0 Å². The van der Waals surface area contributed by atoms with Gasteiger partial charge in [0.25, 0.3) is 0 Å². The predicted molar refractivity (Wildman–Crippen MR) is 71.2 cm³/mol. The number of halogens is 1. The van der Waals surface area contributed by atoms with Crippen molar-refractivity contribution in [2.24, 2.45) is 5.92 Å². The molecule has 0 spiro atoms. The molecule has 1 aromatic carbocycles. The van der Waals surface area contributed by atoms with Crippen LogP contribution in [0.1, 0.15) is 18.1 Å². The number of hydrogen-bond acceptors (Lipinski definition) is 2. The second-order valence-electron chi connectivity index (χ2n) is 4.59. The third-order valence-corrected chi connectivity index (χ3v) is 3.89. The van der Waals surface area contributed by atoms with E-state index in [4.69, 9.17) is 5.41 Å². The normalized spacial score (nSPS) is 16.2. The lowest BCUT2D eigenvalue weighted by atomic mass is 10.1. The molecule has 1 aromatic rings. The number of fused-ring (bicyclic) bond motifs is 1. The molecular weight excluding hydrogens is 235 g/mol. The molecule has 0 radical (unpaired) electrons. The van der Waals surface area contributed by atoms with Gasteiger partial charge < -0.3 is 4.90 Å². The molecule has 92 valence electrons. The van der Waals surface area contributed by atoms with Crippen molar-refractivity contribution < 1.29 is 4.39 Å². The third-order valence-electron chi connectivity index (χ3n) is 2.99. The van der Waals surface area contributed by atoms with Gasteiger partial charge in [-0.25, -0.2) is 4.39 Å². The van der Waals surface area contributed by atoms with E-state index >= 15 is 0 Å². The number of nitrogens with zero attached hydrogens (tertiary/aromatic N) is 1. The van der Waals surface area contributed by atoms with Gasteiger partial charge in [-0.05, 0) is 35.6 Å². The monoisotopic (exact) mass is 252 g/mol. The lowest BCUT2D eigenvalue weighted by Crippen LogP contribution is -2.29. The van der Waals surface area contributed by atoms with Gasteiger partial charge in [-0.2, -0.15) is 11.8 Å². The highest BCUT2D eigenvalue weighted by molar-refractivity contribution is 7.98. The molecule has 0 aromatic heterocycles. The van der Waals surface area contributed by atoms with Crippen LogP contribution in [-0.4, -0.2) is 29.3 Å². The molecule has 0 aliphatic carbocycles. The Hall–Kier alpha value is -1.03. The topological polar surface area (TPSA) is 27.1 Å². The number of amidine groups is 1. The van der Waals surface area contributed by atoms with Crippen molar-refractivity contribution in [1.82, 2.24) is 4.90 Å². The number of thioether (sulfide) groups is 1. The molecule has 0 saturated heterocycles. The van der Waals surface area contributed by atoms with Gasteiger partial charge in [0, 0.05) is 18.7 Å². The maximum Gasteiger partial charge on any atom is 0.128 e. The van der Waals surface area contributed by atoms with Crippen molar-refractivity contribution in [3.05, 3.63) is 35.1 Å². The number of hydrogen-bond donors (Lipinski definition) is 1. The minimum absolute atomic E-state index is 0.257. The quantitative estimate of drug-likeness (QED) is 0.892. The molecule has 1 aliphatic rings. The van der Waals surface area contributed by atoms with E-state index in [9.17, 15) is 4.39 Å².